The maximum absolute atomic E-state index is 12.2. The highest BCUT2D eigenvalue weighted by Crippen LogP contribution is 2.22. The third-order valence-corrected chi connectivity index (χ3v) is 4.31. The van der Waals surface area contributed by atoms with Crippen LogP contribution in [-0.4, -0.2) is 48.0 Å². The molecule has 25 heavy (non-hydrogen) atoms. The number of carbonyl (C=O) groups is 2. The van der Waals surface area contributed by atoms with Crippen molar-refractivity contribution in [2.75, 3.05) is 26.2 Å². The Morgan fingerprint density at radius 2 is 2.00 bits per heavy atom. The third kappa shape index (κ3) is 5.66. The lowest BCUT2D eigenvalue weighted by Crippen LogP contribution is -2.40. The lowest BCUT2D eigenvalue weighted by atomic mass is 9.95. The second-order valence-corrected chi connectivity index (χ2v) is 6.76. The second-order valence-electron chi connectivity index (χ2n) is 6.76. The molecule has 0 aromatic rings. The SMILES string of the molecule is CCOC(=O)N1C=CC=C(N2CCC(C(=O)NCC(C)C)CC2)C=C1. The van der Waals surface area contributed by atoms with E-state index in [1.54, 1.807) is 19.3 Å². The fourth-order valence-corrected chi connectivity index (χ4v) is 2.88. The van der Waals surface area contributed by atoms with Crippen LogP contribution in [-0.2, 0) is 9.53 Å². The van der Waals surface area contributed by atoms with Crippen molar-refractivity contribution < 1.29 is 14.3 Å². The van der Waals surface area contributed by atoms with Gasteiger partial charge in [0.1, 0.15) is 0 Å². The first-order valence-electron chi connectivity index (χ1n) is 9.05. The number of nitrogens with one attached hydrogen (secondary N) is 1. The lowest BCUT2D eigenvalue weighted by Gasteiger charge is -2.33. The van der Waals surface area contributed by atoms with Gasteiger partial charge < -0.3 is 15.0 Å². The standard InChI is InChI=1S/C19H29N3O3/c1-4-25-19(24)22-10-5-6-17(9-13-22)21-11-7-16(8-12-21)18(23)20-14-15(2)3/h5-6,9-10,13,15-16H,4,7-8,11-12,14H2,1-3H3,(H,20,23). The van der Waals surface area contributed by atoms with E-state index in [2.05, 4.69) is 24.1 Å². The van der Waals surface area contributed by atoms with Crippen molar-refractivity contribution >= 4 is 12.0 Å². The number of hydrogen-bond acceptors (Lipinski definition) is 4. The molecule has 1 fully saturated rings. The molecule has 0 saturated carbocycles. The molecule has 6 nitrogen and oxygen atoms in total. The minimum atomic E-state index is -0.384. The molecule has 0 unspecified atom stereocenters. The zero-order valence-corrected chi connectivity index (χ0v) is 15.4. The first-order valence-corrected chi connectivity index (χ1v) is 9.05. The summed E-state index contributed by atoms with van der Waals surface area (Å²) in [4.78, 5) is 27.7. The minimum absolute atomic E-state index is 0.0944. The van der Waals surface area contributed by atoms with Crippen LogP contribution in [0, 0.1) is 11.8 Å². The van der Waals surface area contributed by atoms with E-state index in [1.807, 2.05) is 18.2 Å². The highest BCUT2D eigenvalue weighted by molar-refractivity contribution is 5.78. The van der Waals surface area contributed by atoms with Crippen LogP contribution in [0.5, 0.6) is 0 Å². The van der Waals surface area contributed by atoms with E-state index in [0.29, 0.717) is 12.5 Å². The summed E-state index contributed by atoms with van der Waals surface area (Å²) in [6.45, 7) is 8.74. The minimum Gasteiger partial charge on any atom is -0.449 e. The number of likely N-dealkylation sites (tertiary alicyclic amines) is 1. The molecule has 6 heteroatoms. The Morgan fingerprint density at radius 3 is 2.64 bits per heavy atom. The molecular weight excluding hydrogens is 318 g/mol. The zero-order chi connectivity index (χ0) is 18.2. The number of piperidine rings is 1. The first kappa shape index (κ1) is 19.1. The fourth-order valence-electron chi connectivity index (χ4n) is 2.88. The van der Waals surface area contributed by atoms with Gasteiger partial charge in [0.25, 0.3) is 0 Å². The molecule has 2 aliphatic heterocycles. The summed E-state index contributed by atoms with van der Waals surface area (Å²) in [5.74, 6) is 0.739. The number of allylic oxidation sites excluding steroid dienone is 3. The van der Waals surface area contributed by atoms with Gasteiger partial charge in [-0.25, -0.2) is 4.79 Å². The van der Waals surface area contributed by atoms with Gasteiger partial charge in [-0.3, -0.25) is 9.69 Å². The van der Waals surface area contributed by atoms with Gasteiger partial charge in [0.15, 0.2) is 0 Å². The second kappa shape index (κ2) is 9.30. The topological polar surface area (TPSA) is 61.9 Å². The Hall–Kier alpha value is -2.24. The summed E-state index contributed by atoms with van der Waals surface area (Å²) >= 11 is 0. The van der Waals surface area contributed by atoms with Crippen LogP contribution in [0.1, 0.15) is 33.6 Å². The molecule has 0 aromatic heterocycles. The lowest BCUT2D eigenvalue weighted by molar-refractivity contribution is -0.126. The van der Waals surface area contributed by atoms with Gasteiger partial charge in [-0.15, -0.1) is 0 Å². The van der Waals surface area contributed by atoms with Gasteiger partial charge in [0, 0.05) is 43.6 Å². The van der Waals surface area contributed by atoms with Gasteiger partial charge in [-0.1, -0.05) is 13.8 Å². The number of ether oxygens (including phenoxy) is 1. The largest absolute Gasteiger partial charge is 0.449 e. The van der Waals surface area contributed by atoms with E-state index in [-0.39, 0.29) is 17.9 Å². The van der Waals surface area contributed by atoms with Gasteiger partial charge in [0.2, 0.25) is 5.91 Å². The molecule has 2 heterocycles. The highest BCUT2D eigenvalue weighted by Gasteiger charge is 2.25. The Kier molecular flexibility index (Phi) is 7.10. The number of rotatable bonds is 5. The monoisotopic (exact) mass is 347 g/mol. The maximum atomic E-state index is 12.2. The van der Waals surface area contributed by atoms with E-state index >= 15 is 0 Å². The molecule has 2 aliphatic rings. The predicted molar refractivity (Wildman–Crippen MR) is 97.4 cm³/mol. The number of hydrogen-bond donors (Lipinski definition) is 1. The Labute approximate surface area is 150 Å². The molecule has 0 aromatic carbocycles. The number of amides is 2. The Morgan fingerprint density at radius 1 is 1.28 bits per heavy atom. The molecule has 0 bridgehead atoms. The Balaban J connectivity index is 1.85. The van der Waals surface area contributed by atoms with E-state index < -0.39 is 0 Å². The summed E-state index contributed by atoms with van der Waals surface area (Å²) in [5, 5.41) is 3.03. The van der Waals surface area contributed by atoms with E-state index in [0.717, 1.165) is 38.2 Å². The average Bonchev–Trinajstić information content (AvgIpc) is 2.86. The van der Waals surface area contributed by atoms with Gasteiger partial charge in [0.05, 0.1) is 6.61 Å². The predicted octanol–water partition coefficient (Wildman–Crippen LogP) is 2.85. The van der Waals surface area contributed by atoms with Crippen molar-refractivity contribution in [1.29, 1.82) is 0 Å². The molecule has 0 spiro atoms. The van der Waals surface area contributed by atoms with Crippen molar-refractivity contribution in [3.63, 3.8) is 0 Å². The first-order chi connectivity index (χ1) is 12.0. The number of carbonyl (C=O) groups excluding carboxylic acids is 2. The van der Waals surface area contributed by atoms with E-state index in [9.17, 15) is 9.59 Å². The van der Waals surface area contributed by atoms with Crippen molar-refractivity contribution in [1.82, 2.24) is 15.1 Å². The average molecular weight is 347 g/mol. The molecule has 0 atom stereocenters. The van der Waals surface area contributed by atoms with Crippen LogP contribution in [0.4, 0.5) is 4.79 Å². The van der Waals surface area contributed by atoms with Crippen LogP contribution >= 0.6 is 0 Å². The molecule has 0 aliphatic carbocycles. The maximum Gasteiger partial charge on any atom is 0.417 e. The van der Waals surface area contributed by atoms with E-state index in [1.165, 1.54) is 4.90 Å². The quantitative estimate of drug-likeness (QED) is 0.831. The summed E-state index contributed by atoms with van der Waals surface area (Å²) < 4.78 is 5.00. The van der Waals surface area contributed by atoms with Crippen molar-refractivity contribution in [2.24, 2.45) is 11.8 Å². The van der Waals surface area contributed by atoms with Gasteiger partial charge in [-0.2, -0.15) is 0 Å². The molecule has 2 rings (SSSR count). The van der Waals surface area contributed by atoms with Crippen LogP contribution in [0.3, 0.4) is 0 Å². The van der Waals surface area contributed by atoms with Crippen molar-refractivity contribution in [2.45, 2.75) is 33.6 Å². The van der Waals surface area contributed by atoms with Crippen LogP contribution < -0.4 is 5.32 Å². The molecular formula is C19H29N3O3. The zero-order valence-electron chi connectivity index (χ0n) is 15.4. The van der Waals surface area contributed by atoms with Crippen LogP contribution in [0.25, 0.3) is 0 Å². The van der Waals surface area contributed by atoms with Crippen molar-refractivity contribution in [3.05, 3.63) is 36.3 Å². The fraction of sp³-hybridized carbons (Fsp3) is 0.579. The summed E-state index contributed by atoms with van der Waals surface area (Å²) in [6.07, 6.45) is 10.5. The number of nitrogens with zero attached hydrogens (tertiary/aromatic N) is 2. The highest BCUT2D eigenvalue weighted by atomic mass is 16.5. The normalized spacial score (nSPS) is 18.2. The summed E-state index contributed by atoms with van der Waals surface area (Å²) in [7, 11) is 0. The van der Waals surface area contributed by atoms with Crippen LogP contribution in [0.2, 0.25) is 0 Å². The van der Waals surface area contributed by atoms with Gasteiger partial charge in [-0.05, 0) is 43.9 Å². The van der Waals surface area contributed by atoms with Crippen LogP contribution in [0.15, 0.2) is 36.3 Å². The Bertz CT molecular complexity index is 558. The van der Waals surface area contributed by atoms with E-state index in [4.69, 9.17) is 4.74 Å². The molecule has 138 valence electrons. The summed E-state index contributed by atoms with van der Waals surface area (Å²) in [6, 6.07) is 0. The van der Waals surface area contributed by atoms with Gasteiger partial charge >= 0.3 is 6.09 Å². The smallest absolute Gasteiger partial charge is 0.417 e. The molecule has 1 N–H and O–H groups in total. The molecule has 2 amide bonds. The summed E-state index contributed by atoms with van der Waals surface area (Å²) in [5.41, 5.74) is 1.05. The molecule has 0 radical (unpaired) electrons. The molecule has 1 saturated heterocycles. The van der Waals surface area contributed by atoms with Crippen molar-refractivity contribution in [3.8, 4) is 0 Å². The third-order valence-electron chi connectivity index (χ3n) is 4.31.